The largest absolute Gasteiger partial charge is 0.396 e. The van der Waals surface area contributed by atoms with Gasteiger partial charge in [0.15, 0.2) is 5.82 Å². The van der Waals surface area contributed by atoms with E-state index in [-0.39, 0.29) is 12.6 Å². The van der Waals surface area contributed by atoms with Gasteiger partial charge in [-0.05, 0) is 48.9 Å². The number of aryl methyl sites for hydroxylation is 2. The molecule has 0 radical (unpaired) electrons. The predicted molar refractivity (Wildman–Crippen MR) is 117 cm³/mol. The molecule has 2 N–H and O–H groups in total. The first-order chi connectivity index (χ1) is 14.3. The van der Waals surface area contributed by atoms with Crippen LogP contribution in [0.4, 0.5) is 5.82 Å². The number of aliphatic hydroxyl groups excluding tert-OH is 1. The Balaban J connectivity index is 1.64. The third-order valence-corrected chi connectivity index (χ3v) is 6.60. The number of nitrogens with one attached hydrogen (secondary N) is 1. The van der Waals surface area contributed by atoms with Crippen molar-refractivity contribution in [3.63, 3.8) is 0 Å². The highest BCUT2D eigenvalue weighted by Gasteiger charge is 2.24. The second-order valence-electron chi connectivity index (χ2n) is 7.29. The van der Waals surface area contributed by atoms with Crippen LogP contribution in [0.15, 0.2) is 54.9 Å². The Kier molecular flexibility index (Phi) is 4.96. The van der Waals surface area contributed by atoms with Crippen LogP contribution in [0.1, 0.15) is 34.9 Å². The SMILES string of the molecule is OCC[C@@H](Nc1nc(-c2cccnc2)nc2sc3c(c12)CCC3)c1ccccc1. The molecule has 0 saturated heterocycles. The number of rotatable bonds is 6. The number of benzene rings is 1. The summed E-state index contributed by atoms with van der Waals surface area (Å²) in [6.07, 6.45) is 7.57. The Labute approximate surface area is 173 Å². The van der Waals surface area contributed by atoms with Crippen LogP contribution in [0.25, 0.3) is 21.6 Å². The van der Waals surface area contributed by atoms with E-state index in [1.165, 1.54) is 16.9 Å². The monoisotopic (exact) mass is 402 g/mol. The zero-order chi connectivity index (χ0) is 19.6. The van der Waals surface area contributed by atoms with Crippen molar-refractivity contribution in [1.29, 1.82) is 0 Å². The van der Waals surface area contributed by atoms with Crippen molar-refractivity contribution >= 4 is 27.4 Å². The summed E-state index contributed by atoms with van der Waals surface area (Å²) < 4.78 is 0. The normalized spacial score (nSPS) is 14.1. The maximum Gasteiger partial charge on any atom is 0.164 e. The molecule has 1 aromatic carbocycles. The smallest absolute Gasteiger partial charge is 0.164 e. The highest BCUT2D eigenvalue weighted by atomic mass is 32.1. The standard InChI is InChI=1S/C23H22N4OS/c28-13-11-18(15-6-2-1-3-7-15)25-22-20-17-9-4-10-19(17)29-23(20)27-21(26-22)16-8-5-12-24-14-16/h1-3,5-8,12,14,18,28H,4,9-11,13H2,(H,25,26,27)/t18-/m1/s1. The van der Waals surface area contributed by atoms with Crippen LogP contribution in [0.5, 0.6) is 0 Å². The number of aliphatic hydroxyl groups is 1. The Morgan fingerprint density at radius 2 is 1.97 bits per heavy atom. The van der Waals surface area contributed by atoms with Crippen LogP contribution >= 0.6 is 11.3 Å². The maximum atomic E-state index is 9.66. The molecule has 0 bridgehead atoms. The number of hydrogen-bond acceptors (Lipinski definition) is 6. The molecule has 6 heteroatoms. The van der Waals surface area contributed by atoms with Gasteiger partial charge in [0.2, 0.25) is 0 Å². The Bertz CT molecular complexity index is 1130. The van der Waals surface area contributed by atoms with Crippen molar-refractivity contribution < 1.29 is 5.11 Å². The molecule has 0 fully saturated rings. The first kappa shape index (κ1) is 18.2. The third-order valence-electron chi connectivity index (χ3n) is 5.42. The predicted octanol–water partition coefficient (Wildman–Crippen LogP) is 4.78. The molecule has 0 aliphatic heterocycles. The number of aromatic nitrogens is 3. The van der Waals surface area contributed by atoms with E-state index >= 15 is 0 Å². The molecular weight excluding hydrogens is 380 g/mol. The zero-order valence-corrected chi connectivity index (χ0v) is 16.8. The molecule has 5 nitrogen and oxygen atoms in total. The summed E-state index contributed by atoms with van der Waals surface area (Å²) in [6, 6.07) is 14.1. The fourth-order valence-corrected chi connectivity index (χ4v) is 5.29. The number of anilines is 1. The lowest BCUT2D eigenvalue weighted by Gasteiger charge is -2.20. The van der Waals surface area contributed by atoms with Crippen molar-refractivity contribution in [2.45, 2.75) is 31.7 Å². The van der Waals surface area contributed by atoms with E-state index in [0.29, 0.717) is 12.2 Å². The first-order valence-corrected chi connectivity index (χ1v) is 10.8. The van der Waals surface area contributed by atoms with E-state index in [1.54, 1.807) is 23.7 Å². The average molecular weight is 403 g/mol. The van der Waals surface area contributed by atoms with Crippen molar-refractivity contribution in [3.8, 4) is 11.4 Å². The first-order valence-electron chi connectivity index (χ1n) is 9.98. The fraction of sp³-hybridized carbons (Fsp3) is 0.261. The summed E-state index contributed by atoms with van der Waals surface area (Å²) in [4.78, 5) is 16.5. The number of nitrogens with zero attached hydrogens (tertiary/aromatic N) is 3. The van der Waals surface area contributed by atoms with Gasteiger partial charge in [0.25, 0.3) is 0 Å². The lowest BCUT2D eigenvalue weighted by atomic mass is 10.0. The molecule has 3 aromatic heterocycles. The average Bonchev–Trinajstić information content (AvgIpc) is 3.35. The second-order valence-corrected chi connectivity index (χ2v) is 8.38. The van der Waals surface area contributed by atoms with Gasteiger partial charge >= 0.3 is 0 Å². The Morgan fingerprint density at radius 3 is 2.76 bits per heavy atom. The van der Waals surface area contributed by atoms with E-state index in [4.69, 9.17) is 9.97 Å². The van der Waals surface area contributed by atoms with Gasteiger partial charge in [0, 0.05) is 29.4 Å². The van der Waals surface area contributed by atoms with Gasteiger partial charge in [0.1, 0.15) is 10.6 Å². The van der Waals surface area contributed by atoms with Gasteiger partial charge in [-0.2, -0.15) is 0 Å². The molecule has 0 amide bonds. The zero-order valence-electron chi connectivity index (χ0n) is 16.0. The van der Waals surface area contributed by atoms with Crippen molar-refractivity contribution in [2.75, 3.05) is 11.9 Å². The summed E-state index contributed by atoms with van der Waals surface area (Å²) in [5.74, 6) is 1.54. The minimum Gasteiger partial charge on any atom is -0.396 e. The van der Waals surface area contributed by atoms with Crippen LogP contribution in [0.2, 0.25) is 0 Å². The van der Waals surface area contributed by atoms with Gasteiger partial charge in [-0.1, -0.05) is 30.3 Å². The molecule has 1 atom stereocenters. The molecule has 0 unspecified atom stereocenters. The minimum absolute atomic E-state index is 0.0157. The van der Waals surface area contributed by atoms with Gasteiger partial charge in [-0.3, -0.25) is 4.98 Å². The lowest BCUT2D eigenvalue weighted by molar-refractivity contribution is 0.280. The lowest BCUT2D eigenvalue weighted by Crippen LogP contribution is -2.14. The van der Waals surface area contributed by atoms with Crippen LogP contribution < -0.4 is 5.32 Å². The topological polar surface area (TPSA) is 70.9 Å². The highest BCUT2D eigenvalue weighted by Crippen LogP contribution is 2.41. The van der Waals surface area contributed by atoms with Crippen molar-refractivity contribution in [1.82, 2.24) is 15.0 Å². The number of hydrogen-bond donors (Lipinski definition) is 2. The van der Waals surface area contributed by atoms with Gasteiger partial charge in [-0.15, -0.1) is 11.3 Å². The van der Waals surface area contributed by atoms with E-state index in [9.17, 15) is 5.11 Å². The second kappa shape index (κ2) is 7.89. The number of thiophene rings is 1. The Morgan fingerprint density at radius 1 is 1.07 bits per heavy atom. The molecule has 3 heterocycles. The van der Waals surface area contributed by atoms with Crippen LogP contribution in [-0.2, 0) is 12.8 Å². The van der Waals surface area contributed by atoms with Crippen LogP contribution in [-0.4, -0.2) is 26.7 Å². The molecule has 0 spiro atoms. The van der Waals surface area contributed by atoms with Crippen molar-refractivity contribution in [2.24, 2.45) is 0 Å². The highest BCUT2D eigenvalue weighted by molar-refractivity contribution is 7.19. The van der Waals surface area contributed by atoms with Crippen LogP contribution in [0, 0.1) is 0 Å². The van der Waals surface area contributed by atoms with Gasteiger partial charge in [0.05, 0.1) is 11.4 Å². The van der Waals surface area contributed by atoms with Crippen molar-refractivity contribution in [3.05, 3.63) is 70.9 Å². The fourth-order valence-electron chi connectivity index (χ4n) is 4.03. The quantitative estimate of drug-likeness (QED) is 0.486. The Hall–Kier alpha value is -2.83. The summed E-state index contributed by atoms with van der Waals surface area (Å²) in [6.45, 7) is 0.109. The van der Waals surface area contributed by atoms with Gasteiger partial charge < -0.3 is 10.4 Å². The summed E-state index contributed by atoms with van der Waals surface area (Å²) in [5, 5.41) is 14.4. The molecule has 4 aromatic rings. The number of fused-ring (bicyclic) bond motifs is 3. The summed E-state index contributed by atoms with van der Waals surface area (Å²) >= 11 is 1.78. The number of pyridine rings is 1. The summed E-state index contributed by atoms with van der Waals surface area (Å²) in [7, 11) is 0. The van der Waals surface area contributed by atoms with Crippen LogP contribution in [0.3, 0.4) is 0 Å². The minimum atomic E-state index is -0.0157. The molecule has 29 heavy (non-hydrogen) atoms. The van der Waals surface area contributed by atoms with E-state index in [2.05, 4.69) is 22.4 Å². The molecule has 0 saturated carbocycles. The third kappa shape index (κ3) is 3.50. The van der Waals surface area contributed by atoms with Gasteiger partial charge in [-0.25, -0.2) is 9.97 Å². The molecule has 1 aliphatic carbocycles. The van der Waals surface area contributed by atoms with E-state index < -0.39 is 0 Å². The molecule has 1 aliphatic rings. The van der Waals surface area contributed by atoms with E-state index in [0.717, 1.165) is 40.0 Å². The molecular formula is C23H22N4OS. The summed E-state index contributed by atoms with van der Waals surface area (Å²) in [5.41, 5.74) is 3.44. The maximum absolute atomic E-state index is 9.66. The molecule has 146 valence electrons. The van der Waals surface area contributed by atoms with E-state index in [1.807, 2.05) is 30.3 Å². The molecule has 5 rings (SSSR count).